The number of hydrogen-bond acceptors (Lipinski definition) is 3. The molecule has 1 N–H and O–H groups in total. The molecular weight excluding hydrogens is 290 g/mol. The van der Waals surface area contributed by atoms with Gasteiger partial charge in [0.05, 0.1) is 0 Å². The van der Waals surface area contributed by atoms with E-state index in [0.717, 1.165) is 6.29 Å². The summed E-state index contributed by atoms with van der Waals surface area (Å²) in [6.45, 7) is 1.65. The molecule has 2 rings (SSSR count). The fraction of sp³-hybridized carbons (Fsp3) is 0.125. The van der Waals surface area contributed by atoms with Crippen molar-refractivity contribution in [1.29, 1.82) is 0 Å². The van der Waals surface area contributed by atoms with Crippen molar-refractivity contribution >= 4 is 29.5 Å². The van der Waals surface area contributed by atoms with E-state index in [-0.39, 0.29) is 5.91 Å². The van der Waals surface area contributed by atoms with Crippen LogP contribution in [0.1, 0.15) is 17.3 Å². The first-order valence-electron chi connectivity index (χ1n) is 6.37. The van der Waals surface area contributed by atoms with Gasteiger partial charge in [0.15, 0.2) is 6.10 Å². The highest BCUT2D eigenvalue weighted by Gasteiger charge is 2.14. The van der Waals surface area contributed by atoms with Crippen molar-refractivity contribution in [2.75, 3.05) is 5.32 Å². The third-order valence-electron chi connectivity index (χ3n) is 2.79. The van der Waals surface area contributed by atoms with E-state index in [1.807, 2.05) is 0 Å². The van der Waals surface area contributed by atoms with Gasteiger partial charge in [-0.1, -0.05) is 17.7 Å². The summed E-state index contributed by atoms with van der Waals surface area (Å²) in [4.78, 5) is 22.6. The van der Waals surface area contributed by atoms with E-state index < -0.39 is 6.10 Å². The Morgan fingerprint density at radius 1 is 1.24 bits per heavy atom. The average Bonchev–Trinajstić information content (AvgIpc) is 2.48. The summed E-state index contributed by atoms with van der Waals surface area (Å²) in [6.07, 6.45) is 0.0745. The molecular formula is C16H14ClNO3. The number of amides is 1. The molecule has 1 atom stereocenters. The summed E-state index contributed by atoms with van der Waals surface area (Å²) < 4.78 is 5.52. The second-order valence-electron chi connectivity index (χ2n) is 4.45. The molecule has 0 radical (unpaired) electrons. The minimum Gasteiger partial charge on any atom is -0.481 e. The van der Waals surface area contributed by atoms with Crippen LogP contribution in [-0.2, 0) is 4.79 Å². The van der Waals surface area contributed by atoms with E-state index in [0.29, 0.717) is 22.0 Å². The Hall–Kier alpha value is -2.33. The molecule has 0 saturated heterocycles. The summed E-state index contributed by atoms with van der Waals surface area (Å²) >= 11 is 5.86. The lowest BCUT2D eigenvalue weighted by Gasteiger charge is -2.15. The largest absolute Gasteiger partial charge is 0.481 e. The van der Waals surface area contributed by atoms with Gasteiger partial charge in [-0.2, -0.15) is 0 Å². The minimum absolute atomic E-state index is 0.283. The van der Waals surface area contributed by atoms with Gasteiger partial charge in [-0.25, -0.2) is 0 Å². The molecule has 0 spiro atoms. The zero-order valence-electron chi connectivity index (χ0n) is 11.4. The lowest BCUT2D eigenvalue weighted by Crippen LogP contribution is -2.30. The van der Waals surface area contributed by atoms with E-state index in [2.05, 4.69) is 5.32 Å². The number of carbonyl (C=O) groups is 2. The minimum atomic E-state index is -0.672. The number of hydrogen-bond donors (Lipinski definition) is 1. The smallest absolute Gasteiger partial charge is 0.265 e. The Bertz CT molecular complexity index is 640. The number of benzene rings is 2. The molecule has 4 nitrogen and oxygen atoms in total. The molecule has 0 aliphatic heterocycles. The highest BCUT2D eigenvalue weighted by molar-refractivity contribution is 6.30. The predicted octanol–water partition coefficient (Wildman–Crippen LogP) is 3.56. The normalized spacial score (nSPS) is 11.5. The van der Waals surface area contributed by atoms with Crippen LogP contribution in [0.2, 0.25) is 5.02 Å². The van der Waals surface area contributed by atoms with E-state index in [1.165, 1.54) is 0 Å². The Labute approximate surface area is 127 Å². The maximum atomic E-state index is 12.0. The quantitative estimate of drug-likeness (QED) is 0.859. The van der Waals surface area contributed by atoms with Gasteiger partial charge in [0.1, 0.15) is 12.0 Å². The zero-order chi connectivity index (χ0) is 15.2. The van der Waals surface area contributed by atoms with Crippen molar-refractivity contribution in [3.8, 4) is 5.75 Å². The first kappa shape index (κ1) is 15.1. The number of nitrogens with one attached hydrogen (secondary N) is 1. The molecule has 5 heteroatoms. The van der Waals surface area contributed by atoms with Crippen LogP contribution >= 0.6 is 11.6 Å². The van der Waals surface area contributed by atoms with E-state index in [4.69, 9.17) is 16.3 Å². The van der Waals surface area contributed by atoms with E-state index >= 15 is 0 Å². The molecule has 108 valence electrons. The van der Waals surface area contributed by atoms with Gasteiger partial charge in [0, 0.05) is 16.3 Å². The highest BCUT2D eigenvalue weighted by atomic mass is 35.5. The van der Waals surface area contributed by atoms with Gasteiger partial charge in [-0.05, 0) is 49.4 Å². The molecule has 0 aliphatic rings. The summed E-state index contributed by atoms with van der Waals surface area (Å²) in [5.74, 6) is 0.246. The molecule has 0 heterocycles. The number of rotatable bonds is 5. The first-order chi connectivity index (χ1) is 10.1. The molecule has 1 unspecified atom stereocenters. The van der Waals surface area contributed by atoms with Gasteiger partial charge in [0.2, 0.25) is 0 Å². The van der Waals surface area contributed by atoms with Crippen molar-refractivity contribution in [1.82, 2.24) is 0 Å². The van der Waals surface area contributed by atoms with Crippen molar-refractivity contribution < 1.29 is 14.3 Å². The lowest BCUT2D eigenvalue weighted by molar-refractivity contribution is -0.122. The molecule has 2 aromatic carbocycles. The number of ether oxygens (including phenoxy) is 1. The molecule has 0 bridgehead atoms. The van der Waals surface area contributed by atoms with Crippen LogP contribution in [0.15, 0.2) is 48.5 Å². The second-order valence-corrected chi connectivity index (χ2v) is 4.88. The maximum Gasteiger partial charge on any atom is 0.265 e. The topological polar surface area (TPSA) is 55.4 Å². The SMILES string of the molecule is CC(Oc1cccc(Cl)c1)C(=O)Nc1ccc(C=O)cc1. The maximum absolute atomic E-state index is 12.0. The lowest BCUT2D eigenvalue weighted by atomic mass is 10.2. The number of halogens is 1. The molecule has 0 saturated carbocycles. The second kappa shape index (κ2) is 6.90. The molecule has 21 heavy (non-hydrogen) atoms. The van der Waals surface area contributed by atoms with Crippen LogP contribution < -0.4 is 10.1 Å². The van der Waals surface area contributed by atoms with Crippen LogP contribution in [0.4, 0.5) is 5.69 Å². The third-order valence-corrected chi connectivity index (χ3v) is 3.03. The Kier molecular flexibility index (Phi) is 4.95. The first-order valence-corrected chi connectivity index (χ1v) is 6.74. The molecule has 2 aromatic rings. The Balaban J connectivity index is 1.97. The van der Waals surface area contributed by atoms with Crippen LogP contribution in [0.25, 0.3) is 0 Å². The fourth-order valence-electron chi connectivity index (χ4n) is 1.69. The van der Waals surface area contributed by atoms with Crippen LogP contribution in [0.3, 0.4) is 0 Å². The van der Waals surface area contributed by atoms with Crippen LogP contribution in [-0.4, -0.2) is 18.3 Å². The monoisotopic (exact) mass is 303 g/mol. The molecule has 1 amide bonds. The average molecular weight is 304 g/mol. The number of anilines is 1. The van der Waals surface area contributed by atoms with Crippen molar-refractivity contribution in [2.45, 2.75) is 13.0 Å². The predicted molar refractivity (Wildman–Crippen MR) is 82.0 cm³/mol. The Morgan fingerprint density at radius 2 is 1.95 bits per heavy atom. The van der Waals surface area contributed by atoms with Crippen LogP contribution in [0, 0.1) is 0 Å². The summed E-state index contributed by atoms with van der Waals surface area (Å²) in [7, 11) is 0. The van der Waals surface area contributed by atoms with Gasteiger partial charge in [-0.15, -0.1) is 0 Å². The van der Waals surface area contributed by atoms with E-state index in [1.54, 1.807) is 55.5 Å². The highest BCUT2D eigenvalue weighted by Crippen LogP contribution is 2.19. The Morgan fingerprint density at radius 3 is 2.57 bits per heavy atom. The van der Waals surface area contributed by atoms with Crippen molar-refractivity contribution in [3.05, 3.63) is 59.1 Å². The standard InChI is InChI=1S/C16H14ClNO3/c1-11(21-15-4-2-3-13(17)9-15)16(20)18-14-7-5-12(10-19)6-8-14/h2-11H,1H3,(H,18,20). The van der Waals surface area contributed by atoms with Gasteiger partial charge in [-0.3, -0.25) is 9.59 Å². The zero-order valence-corrected chi connectivity index (χ0v) is 12.1. The number of aldehydes is 1. The van der Waals surface area contributed by atoms with Gasteiger partial charge in [0.25, 0.3) is 5.91 Å². The van der Waals surface area contributed by atoms with E-state index in [9.17, 15) is 9.59 Å². The summed E-state index contributed by atoms with van der Waals surface area (Å²) in [5, 5.41) is 3.26. The summed E-state index contributed by atoms with van der Waals surface area (Å²) in [5.41, 5.74) is 1.16. The van der Waals surface area contributed by atoms with Crippen molar-refractivity contribution in [2.24, 2.45) is 0 Å². The van der Waals surface area contributed by atoms with Gasteiger partial charge >= 0.3 is 0 Å². The summed E-state index contributed by atoms with van der Waals surface area (Å²) in [6, 6.07) is 13.4. The fourth-order valence-corrected chi connectivity index (χ4v) is 1.87. The molecule has 0 aromatic heterocycles. The van der Waals surface area contributed by atoms with Crippen LogP contribution in [0.5, 0.6) is 5.75 Å². The third kappa shape index (κ3) is 4.33. The number of carbonyl (C=O) groups excluding carboxylic acids is 2. The molecule has 0 aliphatic carbocycles. The molecule has 0 fully saturated rings. The van der Waals surface area contributed by atoms with Crippen molar-refractivity contribution in [3.63, 3.8) is 0 Å². The van der Waals surface area contributed by atoms with Gasteiger partial charge < -0.3 is 10.1 Å².